The first-order valence-corrected chi connectivity index (χ1v) is 8.89. The van der Waals surface area contributed by atoms with Gasteiger partial charge in [0.1, 0.15) is 17.4 Å². The number of carbonyl (C=O) groups is 1. The minimum atomic E-state index is -0.355. The number of amides is 1. The Bertz CT molecular complexity index is 759. The molecule has 0 heterocycles. The van der Waals surface area contributed by atoms with Crippen LogP contribution in [0.2, 0.25) is 0 Å². The number of nitrogens with one attached hydrogen (secondary N) is 1. The molecule has 0 aliphatic rings. The molecule has 2 aromatic rings. The maximum atomic E-state index is 12.2. The Morgan fingerprint density at radius 3 is 2.54 bits per heavy atom. The molecule has 2 rings (SSSR count). The molecule has 134 valence electrons. The Labute approximate surface area is 155 Å². The fraction of sp³-hybridized carbons (Fsp3) is 0.273. The van der Waals surface area contributed by atoms with Gasteiger partial charge in [0.25, 0.3) is 5.91 Å². The van der Waals surface area contributed by atoms with Gasteiger partial charge < -0.3 is 10.1 Å². The van der Waals surface area contributed by atoms with Crippen molar-refractivity contribution >= 4 is 12.0 Å². The Morgan fingerprint density at radius 1 is 1.15 bits per heavy atom. The zero-order chi connectivity index (χ0) is 18.6. The second kappa shape index (κ2) is 10.7. The first kappa shape index (κ1) is 19.3. The molecule has 0 saturated carbocycles. The number of hydrogen-bond acceptors (Lipinski definition) is 3. The maximum Gasteiger partial charge on any atom is 0.261 e. The van der Waals surface area contributed by atoms with E-state index >= 15 is 0 Å². The molecule has 0 atom stereocenters. The third-order valence-electron chi connectivity index (χ3n) is 3.86. The molecule has 2 aromatic carbocycles. The molecule has 0 aliphatic carbocycles. The molecule has 0 spiro atoms. The summed E-state index contributed by atoms with van der Waals surface area (Å²) in [5.74, 6) is 0.438. The lowest BCUT2D eigenvalue weighted by molar-refractivity contribution is -0.117. The standard InChI is InChI=1S/C22H24N2O2/c1-2-3-15-26-21-11-9-19(10-12-21)16-20(17-23)22(25)24-14-13-18-7-5-4-6-8-18/h4-12,16H,2-3,13-15H2,1H3,(H,24,25). The van der Waals surface area contributed by atoms with Crippen LogP contribution in [0.4, 0.5) is 0 Å². The minimum Gasteiger partial charge on any atom is -0.494 e. The number of nitriles is 1. The van der Waals surface area contributed by atoms with E-state index in [-0.39, 0.29) is 11.5 Å². The number of benzene rings is 2. The molecular weight excluding hydrogens is 324 g/mol. The molecule has 4 heteroatoms. The molecular formula is C22H24N2O2. The van der Waals surface area contributed by atoms with Crippen molar-refractivity contribution in [3.63, 3.8) is 0 Å². The van der Waals surface area contributed by atoms with Crippen molar-refractivity contribution in [2.75, 3.05) is 13.2 Å². The Hall–Kier alpha value is -3.06. The number of hydrogen-bond donors (Lipinski definition) is 1. The molecule has 26 heavy (non-hydrogen) atoms. The lowest BCUT2D eigenvalue weighted by Gasteiger charge is -2.06. The highest BCUT2D eigenvalue weighted by Gasteiger charge is 2.08. The molecule has 0 radical (unpaired) electrons. The zero-order valence-electron chi connectivity index (χ0n) is 15.1. The number of unbranched alkanes of at least 4 members (excludes halogenated alkanes) is 1. The highest BCUT2D eigenvalue weighted by atomic mass is 16.5. The lowest BCUT2D eigenvalue weighted by atomic mass is 10.1. The summed E-state index contributed by atoms with van der Waals surface area (Å²) < 4.78 is 5.61. The average Bonchev–Trinajstić information content (AvgIpc) is 2.68. The predicted molar refractivity (Wildman–Crippen MR) is 104 cm³/mol. The van der Waals surface area contributed by atoms with Gasteiger partial charge in [-0.3, -0.25) is 4.79 Å². The SMILES string of the molecule is CCCCOc1ccc(C=C(C#N)C(=O)NCCc2ccccc2)cc1. The number of nitrogens with zero attached hydrogens (tertiary/aromatic N) is 1. The smallest absolute Gasteiger partial charge is 0.261 e. The quantitative estimate of drug-likeness (QED) is 0.421. The van der Waals surface area contributed by atoms with Crippen molar-refractivity contribution in [1.82, 2.24) is 5.32 Å². The van der Waals surface area contributed by atoms with Crippen LogP contribution in [-0.2, 0) is 11.2 Å². The second-order valence-electron chi connectivity index (χ2n) is 5.93. The van der Waals surface area contributed by atoms with Crippen molar-refractivity contribution in [3.05, 3.63) is 71.3 Å². The van der Waals surface area contributed by atoms with Gasteiger partial charge in [0.2, 0.25) is 0 Å². The van der Waals surface area contributed by atoms with Crippen LogP contribution in [0.15, 0.2) is 60.2 Å². The van der Waals surface area contributed by atoms with Crippen molar-refractivity contribution in [2.45, 2.75) is 26.2 Å². The normalized spacial score (nSPS) is 10.8. The van der Waals surface area contributed by atoms with Gasteiger partial charge in [-0.25, -0.2) is 0 Å². The van der Waals surface area contributed by atoms with E-state index < -0.39 is 0 Å². The van der Waals surface area contributed by atoms with Crippen LogP contribution in [0.3, 0.4) is 0 Å². The predicted octanol–water partition coefficient (Wildman–Crippen LogP) is 4.13. The summed E-state index contributed by atoms with van der Waals surface area (Å²) in [6.07, 6.45) is 4.43. The van der Waals surface area contributed by atoms with E-state index in [1.807, 2.05) is 60.7 Å². The van der Waals surface area contributed by atoms with Crippen LogP contribution >= 0.6 is 0 Å². The van der Waals surface area contributed by atoms with E-state index in [0.29, 0.717) is 13.2 Å². The highest BCUT2D eigenvalue weighted by molar-refractivity contribution is 6.01. The summed E-state index contributed by atoms with van der Waals surface area (Å²) >= 11 is 0. The van der Waals surface area contributed by atoms with Crippen LogP contribution in [-0.4, -0.2) is 19.1 Å². The largest absolute Gasteiger partial charge is 0.494 e. The van der Waals surface area contributed by atoms with E-state index in [2.05, 4.69) is 12.2 Å². The Morgan fingerprint density at radius 2 is 1.88 bits per heavy atom. The van der Waals surface area contributed by atoms with E-state index in [9.17, 15) is 10.1 Å². The van der Waals surface area contributed by atoms with Crippen LogP contribution in [0.5, 0.6) is 5.75 Å². The van der Waals surface area contributed by atoms with E-state index in [4.69, 9.17) is 4.74 Å². The summed E-state index contributed by atoms with van der Waals surface area (Å²) in [7, 11) is 0. The van der Waals surface area contributed by atoms with Crippen LogP contribution in [0, 0.1) is 11.3 Å². The second-order valence-corrected chi connectivity index (χ2v) is 5.93. The van der Waals surface area contributed by atoms with Gasteiger partial charge in [0, 0.05) is 6.54 Å². The summed E-state index contributed by atoms with van der Waals surface area (Å²) in [6, 6.07) is 19.3. The van der Waals surface area contributed by atoms with Gasteiger partial charge in [0.15, 0.2) is 0 Å². The number of rotatable bonds is 9. The Balaban J connectivity index is 1.89. The zero-order valence-corrected chi connectivity index (χ0v) is 15.1. The highest BCUT2D eigenvalue weighted by Crippen LogP contribution is 2.15. The number of ether oxygens (including phenoxy) is 1. The maximum absolute atomic E-state index is 12.2. The van der Waals surface area contributed by atoms with Crippen molar-refractivity contribution in [1.29, 1.82) is 5.26 Å². The van der Waals surface area contributed by atoms with E-state index in [0.717, 1.165) is 36.1 Å². The van der Waals surface area contributed by atoms with Crippen molar-refractivity contribution < 1.29 is 9.53 Å². The average molecular weight is 348 g/mol. The minimum absolute atomic E-state index is 0.0951. The molecule has 1 amide bonds. The summed E-state index contributed by atoms with van der Waals surface area (Å²) in [5, 5.41) is 12.1. The van der Waals surface area contributed by atoms with Crippen molar-refractivity contribution in [2.24, 2.45) is 0 Å². The molecule has 0 fully saturated rings. The van der Waals surface area contributed by atoms with Gasteiger partial charge in [-0.1, -0.05) is 55.8 Å². The molecule has 0 aromatic heterocycles. The fourth-order valence-corrected chi connectivity index (χ4v) is 2.37. The number of carbonyl (C=O) groups excluding carboxylic acids is 1. The first-order valence-electron chi connectivity index (χ1n) is 8.89. The summed E-state index contributed by atoms with van der Waals surface area (Å²) in [4.78, 5) is 12.2. The molecule has 1 N–H and O–H groups in total. The van der Waals surface area contributed by atoms with Gasteiger partial charge in [0.05, 0.1) is 6.61 Å². The van der Waals surface area contributed by atoms with Gasteiger partial charge in [-0.2, -0.15) is 5.26 Å². The Kier molecular flexibility index (Phi) is 7.95. The molecule has 0 saturated heterocycles. The first-order chi connectivity index (χ1) is 12.7. The molecule has 0 bridgehead atoms. The molecule has 0 unspecified atom stereocenters. The fourth-order valence-electron chi connectivity index (χ4n) is 2.37. The monoisotopic (exact) mass is 348 g/mol. The van der Waals surface area contributed by atoms with Gasteiger partial charge in [-0.15, -0.1) is 0 Å². The lowest BCUT2D eigenvalue weighted by Crippen LogP contribution is -2.26. The van der Waals surface area contributed by atoms with E-state index in [1.165, 1.54) is 0 Å². The van der Waals surface area contributed by atoms with Crippen LogP contribution < -0.4 is 10.1 Å². The summed E-state index contributed by atoms with van der Waals surface area (Å²) in [5.41, 5.74) is 2.04. The third kappa shape index (κ3) is 6.45. The molecule has 4 nitrogen and oxygen atoms in total. The van der Waals surface area contributed by atoms with Gasteiger partial charge in [-0.05, 0) is 42.2 Å². The van der Waals surface area contributed by atoms with Crippen LogP contribution in [0.1, 0.15) is 30.9 Å². The van der Waals surface area contributed by atoms with Crippen LogP contribution in [0.25, 0.3) is 6.08 Å². The topological polar surface area (TPSA) is 62.1 Å². The van der Waals surface area contributed by atoms with E-state index in [1.54, 1.807) is 6.08 Å². The van der Waals surface area contributed by atoms with Crippen molar-refractivity contribution in [3.8, 4) is 11.8 Å². The summed E-state index contributed by atoms with van der Waals surface area (Å²) in [6.45, 7) is 3.30. The van der Waals surface area contributed by atoms with Gasteiger partial charge >= 0.3 is 0 Å². The molecule has 0 aliphatic heterocycles. The third-order valence-corrected chi connectivity index (χ3v) is 3.86.